The van der Waals surface area contributed by atoms with E-state index in [9.17, 15) is 0 Å². The molecule has 0 spiro atoms. The molecule has 0 bridgehead atoms. The fraction of sp³-hybridized carbons (Fsp3) is 0.667. The first-order valence-electron chi connectivity index (χ1n) is 5.09. The molecule has 0 aromatic heterocycles. The minimum absolute atomic E-state index is 0.187. The van der Waals surface area contributed by atoms with Crippen molar-refractivity contribution in [3.8, 4) is 11.8 Å². The van der Waals surface area contributed by atoms with Crippen molar-refractivity contribution in [3.05, 3.63) is 11.6 Å². The van der Waals surface area contributed by atoms with Gasteiger partial charge in [-0.3, -0.25) is 0 Å². The van der Waals surface area contributed by atoms with Gasteiger partial charge in [0.1, 0.15) is 6.61 Å². The van der Waals surface area contributed by atoms with Gasteiger partial charge in [-0.1, -0.05) is 39.4 Å². The van der Waals surface area contributed by atoms with Crippen molar-refractivity contribution < 1.29 is 9.47 Å². The summed E-state index contributed by atoms with van der Waals surface area (Å²) in [7, 11) is 0. The first-order chi connectivity index (χ1) is 7.20. The molecule has 0 fully saturated rings. The van der Waals surface area contributed by atoms with Crippen molar-refractivity contribution >= 4 is 15.9 Å². The third kappa shape index (κ3) is 9.99. The Bertz CT molecular complexity index is 234. The number of halogens is 1. The quantitative estimate of drug-likeness (QED) is 0.321. The Morgan fingerprint density at radius 1 is 1.33 bits per heavy atom. The first kappa shape index (κ1) is 14.7. The van der Waals surface area contributed by atoms with Crippen molar-refractivity contribution in [1.82, 2.24) is 0 Å². The lowest BCUT2D eigenvalue weighted by atomic mass is 10.3. The van der Waals surface area contributed by atoms with Gasteiger partial charge < -0.3 is 9.47 Å². The minimum Gasteiger partial charge on any atom is -0.352 e. The number of hydrogen-bond acceptors (Lipinski definition) is 2. The normalized spacial score (nSPS) is 11.5. The van der Waals surface area contributed by atoms with Crippen molar-refractivity contribution in [2.45, 2.75) is 33.5 Å². The van der Waals surface area contributed by atoms with E-state index in [2.05, 4.69) is 47.7 Å². The van der Waals surface area contributed by atoms with Crippen LogP contribution in [0.3, 0.4) is 0 Å². The Hall–Kier alpha value is -0.300. The molecule has 0 saturated heterocycles. The van der Waals surface area contributed by atoms with Crippen LogP contribution in [0.2, 0.25) is 0 Å². The van der Waals surface area contributed by atoms with Crippen LogP contribution in [-0.2, 0) is 9.47 Å². The van der Waals surface area contributed by atoms with Crippen molar-refractivity contribution in [2.75, 3.05) is 18.5 Å². The molecule has 15 heavy (non-hydrogen) atoms. The molecule has 0 saturated carbocycles. The summed E-state index contributed by atoms with van der Waals surface area (Å²) in [6.07, 6.45) is 2.70. The lowest BCUT2D eigenvalue weighted by Crippen LogP contribution is -2.18. The largest absolute Gasteiger partial charge is 0.352 e. The fourth-order valence-corrected chi connectivity index (χ4v) is 1.21. The van der Waals surface area contributed by atoms with E-state index in [1.165, 1.54) is 5.57 Å². The van der Waals surface area contributed by atoms with Gasteiger partial charge in [0.2, 0.25) is 0 Å². The van der Waals surface area contributed by atoms with E-state index in [4.69, 9.17) is 9.47 Å². The molecule has 1 atom stereocenters. The van der Waals surface area contributed by atoms with Gasteiger partial charge in [-0.25, -0.2) is 0 Å². The smallest absolute Gasteiger partial charge is 0.168 e. The Morgan fingerprint density at radius 2 is 2.07 bits per heavy atom. The van der Waals surface area contributed by atoms with Crippen LogP contribution in [0.1, 0.15) is 27.2 Å². The van der Waals surface area contributed by atoms with E-state index >= 15 is 0 Å². The standard InChI is InChI=1S/C12H19BrO2/c1-4-14-12(10-13)15-9-7-5-6-8-11(2)3/h8,12H,4,6,9-10H2,1-3H3. The highest BCUT2D eigenvalue weighted by molar-refractivity contribution is 9.09. The predicted octanol–water partition coefficient (Wildman–Crippen LogP) is 3.12. The maximum atomic E-state index is 5.38. The Kier molecular flexibility index (Phi) is 10.0. The average Bonchev–Trinajstić information content (AvgIpc) is 2.21. The molecule has 86 valence electrons. The second kappa shape index (κ2) is 10.2. The van der Waals surface area contributed by atoms with Crippen LogP contribution >= 0.6 is 15.9 Å². The SMILES string of the molecule is CCOC(CBr)OCC#CCC=C(C)C. The topological polar surface area (TPSA) is 18.5 Å². The lowest BCUT2D eigenvalue weighted by Gasteiger charge is -2.12. The number of hydrogen-bond donors (Lipinski definition) is 0. The van der Waals surface area contributed by atoms with Crippen LogP contribution in [0, 0.1) is 11.8 Å². The van der Waals surface area contributed by atoms with Crippen LogP contribution in [0.5, 0.6) is 0 Å². The van der Waals surface area contributed by atoms with Gasteiger partial charge >= 0.3 is 0 Å². The summed E-state index contributed by atoms with van der Waals surface area (Å²) in [6, 6.07) is 0. The number of allylic oxidation sites excluding steroid dienone is 2. The van der Waals surface area contributed by atoms with Gasteiger partial charge in [0, 0.05) is 13.0 Å². The van der Waals surface area contributed by atoms with Crippen LogP contribution in [0.15, 0.2) is 11.6 Å². The van der Waals surface area contributed by atoms with Gasteiger partial charge in [-0.15, -0.1) is 0 Å². The lowest BCUT2D eigenvalue weighted by molar-refractivity contribution is -0.113. The maximum absolute atomic E-state index is 5.38. The molecule has 0 rings (SSSR count). The third-order valence-electron chi connectivity index (χ3n) is 1.56. The summed E-state index contributed by atoms with van der Waals surface area (Å²) in [5.74, 6) is 5.96. The van der Waals surface area contributed by atoms with Gasteiger partial charge in [0.15, 0.2) is 6.29 Å². The molecule has 0 aliphatic carbocycles. The Balaban J connectivity index is 3.62. The van der Waals surface area contributed by atoms with Crippen molar-refractivity contribution in [2.24, 2.45) is 0 Å². The second-order valence-corrected chi connectivity index (χ2v) is 3.84. The summed E-state index contributed by atoms with van der Waals surface area (Å²) in [6.45, 7) is 7.15. The van der Waals surface area contributed by atoms with Crippen molar-refractivity contribution in [1.29, 1.82) is 0 Å². The van der Waals surface area contributed by atoms with E-state index in [1.807, 2.05) is 6.92 Å². The van der Waals surface area contributed by atoms with E-state index in [1.54, 1.807) is 0 Å². The Labute approximate surface area is 101 Å². The summed E-state index contributed by atoms with van der Waals surface area (Å²) < 4.78 is 10.7. The minimum atomic E-state index is -0.187. The Morgan fingerprint density at radius 3 is 2.60 bits per heavy atom. The first-order valence-corrected chi connectivity index (χ1v) is 6.21. The highest BCUT2D eigenvalue weighted by atomic mass is 79.9. The van der Waals surface area contributed by atoms with Gasteiger partial charge in [0.25, 0.3) is 0 Å². The highest BCUT2D eigenvalue weighted by Crippen LogP contribution is 1.98. The molecular weight excluding hydrogens is 256 g/mol. The van der Waals surface area contributed by atoms with Gasteiger partial charge in [0.05, 0.1) is 5.33 Å². The molecule has 0 aromatic rings. The molecule has 0 heterocycles. The summed E-state index contributed by atoms with van der Waals surface area (Å²) in [5.41, 5.74) is 1.29. The van der Waals surface area contributed by atoms with Crippen LogP contribution < -0.4 is 0 Å². The average molecular weight is 275 g/mol. The summed E-state index contributed by atoms with van der Waals surface area (Å²) >= 11 is 3.31. The van der Waals surface area contributed by atoms with Crippen LogP contribution in [0.4, 0.5) is 0 Å². The zero-order chi connectivity index (χ0) is 11.5. The molecule has 1 unspecified atom stereocenters. The number of ether oxygens (including phenoxy) is 2. The van der Waals surface area contributed by atoms with Gasteiger partial charge in [-0.2, -0.15) is 0 Å². The molecule has 2 nitrogen and oxygen atoms in total. The fourth-order valence-electron chi connectivity index (χ4n) is 0.836. The molecule has 0 N–H and O–H groups in total. The van der Waals surface area contributed by atoms with Crippen LogP contribution in [-0.4, -0.2) is 24.8 Å². The van der Waals surface area contributed by atoms with E-state index in [0.29, 0.717) is 18.5 Å². The van der Waals surface area contributed by atoms with E-state index in [-0.39, 0.29) is 6.29 Å². The molecular formula is C12H19BrO2. The number of alkyl halides is 1. The second-order valence-electron chi connectivity index (χ2n) is 3.19. The maximum Gasteiger partial charge on any atom is 0.168 e. The zero-order valence-corrected chi connectivity index (χ0v) is 11.3. The predicted molar refractivity (Wildman–Crippen MR) is 67.0 cm³/mol. The van der Waals surface area contributed by atoms with E-state index < -0.39 is 0 Å². The van der Waals surface area contributed by atoms with Gasteiger partial charge in [-0.05, 0) is 20.8 Å². The number of rotatable bonds is 6. The third-order valence-corrected chi connectivity index (χ3v) is 2.09. The molecule has 0 aliphatic rings. The van der Waals surface area contributed by atoms with Crippen molar-refractivity contribution in [3.63, 3.8) is 0 Å². The summed E-state index contributed by atoms with van der Waals surface area (Å²) in [4.78, 5) is 0. The molecule has 0 radical (unpaired) electrons. The zero-order valence-electron chi connectivity index (χ0n) is 9.68. The van der Waals surface area contributed by atoms with Crippen LogP contribution in [0.25, 0.3) is 0 Å². The molecule has 3 heteroatoms. The van der Waals surface area contributed by atoms with E-state index in [0.717, 1.165) is 6.42 Å². The summed E-state index contributed by atoms with van der Waals surface area (Å²) in [5, 5.41) is 0.677. The molecule has 0 aromatic carbocycles. The molecule has 0 amide bonds. The monoisotopic (exact) mass is 274 g/mol. The highest BCUT2D eigenvalue weighted by Gasteiger charge is 2.03. The molecule has 0 aliphatic heterocycles.